The van der Waals surface area contributed by atoms with Gasteiger partial charge in [0.1, 0.15) is 10.6 Å². The van der Waals surface area contributed by atoms with E-state index < -0.39 is 0 Å². The summed E-state index contributed by atoms with van der Waals surface area (Å²) in [5.41, 5.74) is 0. The van der Waals surface area contributed by atoms with Crippen LogP contribution in [0.3, 0.4) is 0 Å². The molecule has 3 heterocycles. The molecule has 0 bridgehead atoms. The van der Waals surface area contributed by atoms with Crippen molar-refractivity contribution in [3.05, 3.63) is 10.9 Å². The number of aromatic nitrogens is 2. The topological polar surface area (TPSA) is 41.1 Å². The summed E-state index contributed by atoms with van der Waals surface area (Å²) in [6, 6.07) is 2.80. The van der Waals surface area contributed by atoms with Gasteiger partial charge in [0.2, 0.25) is 5.95 Å². The number of aryl methyl sites for hydroxylation is 1. The monoisotopic (exact) mass is 304 g/mol. The van der Waals surface area contributed by atoms with Gasteiger partial charge in [-0.2, -0.15) is 4.98 Å². The van der Waals surface area contributed by atoms with Gasteiger partial charge in [0.15, 0.2) is 0 Å². The molecule has 2 aromatic rings. The Labute approximate surface area is 130 Å². The van der Waals surface area contributed by atoms with Crippen molar-refractivity contribution >= 4 is 33.3 Å². The van der Waals surface area contributed by atoms with Gasteiger partial charge in [-0.15, -0.1) is 11.3 Å². The van der Waals surface area contributed by atoms with Crippen LogP contribution < -0.4 is 10.2 Å². The van der Waals surface area contributed by atoms with Gasteiger partial charge in [-0.25, -0.2) is 4.98 Å². The van der Waals surface area contributed by atoms with Crippen LogP contribution in [0.4, 0.5) is 11.8 Å². The average Bonchev–Trinajstić information content (AvgIpc) is 2.85. The number of thiophene rings is 1. The summed E-state index contributed by atoms with van der Waals surface area (Å²) in [6.07, 6.45) is 4.93. The summed E-state index contributed by atoms with van der Waals surface area (Å²) >= 11 is 1.76. The first-order valence-electron chi connectivity index (χ1n) is 7.97. The van der Waals surface area contributed by atoms with Crippen molar-refractivity contribution in [1.82, 2.24) is 9.97 Å². The Kier molecular flexibility index (Phi) is 4.29. The first-order chi connectivity index (χ1) is 10.2. The minimum absolute atomic E-state index is 0.566. The van der Waals surface area contributed by atoms with Gasteiger partial charge in [-0.3, -0.25) is 0 Å². The number of anilines is 2. The Hall–Kier alpha value is -1.36. The average molecular weight is 304 g/mol. The highest BCUT2D eigenvalue weighted by atomic mass is 32.1. The highest BCUT2D eigenvalue weighted by Gasteiger charge is 2.23. The molecule has 0 radical (unpaired) electrons. The Balaban J connectivity index is 2.04. The molecule has 1 atom stereocenters. The minimum atomic E-state index is 0.566. The summed E-state index contributed by atoms with van der Waals surface area (Å²) in [5, 5.41) is 4.56. The molecule has 1 aliphatic heterocycles. The molecule has 0 aliphatic carbocycles. The van der Waals surface area contributed by atoms with E-state index in [-0.39, 0.29) is 0 Å². The van der Waals surface area contributed by atoms with Crippen molar-refractivity contribution < 1.29 is 0 Å². The first kappa shape index (κ1) is 14.6. The molecule has 0 saturated carbocycles. The van der Waals surface area contributed by atoms with Crippen molar-refractivity contribution in [2.24, 2.45) is 0 Å². The standard InChI is InChI=1S/C16H24N4S/c1-4-8-17-16-18-14(20-9-6-5-7-11(20)2)13-10-12(3)21-15(13)19-16/h10-11H,4-9H2,1-3H3,(H,17,18,19). The van der Waals surface area contributed by atoms with E-state index in [9.17, 15) is 0 Å². The van der Waals surface area contributed by atoms with E-state index >= 15 is 0 Å². The maximum absolute atomic E-state index is 4.84. The summed E-state index contributed by atoms with van der Waals surface area (Å²) < 4.78 is 0. The van der Waals surface area contributed by atoms with Crippen LogP contribution in [0.1, 0.15) is 44.4 Å². The van der Waals surface area contributed by atoms with Crippen LogP contribution >= 0.6 is 11.3 Å². The van der Waals surface area contributed by atoms with Crippen molar-refractivity contribution in [2.45, 2.75) is 52.5 Å². The lowest BCUT2D eigenvalue weighted by Crippen LogP contribution is -2.38. The van der Waals surface area contributed by atoms with Gasteiger partial charge in [0.25, 0.3) is 0 Å². The molecule has 0 aromatic carbocycles. The van der Waals surface area contributed by atoms with E-state index in [1.54, 1.807) is 11.3 Å². The highest BCUT2D eigenvalue weighted by Crippen LogP contribution is 2.34. The second-order valence-corrected chi connectivity index (χ2v) is 7.15. The quantitative estimate of drug-likeness (QED) is 0.919. The van der Waals surface area contributed by atoms with Crippen LogP contribution in [-0.2, 0) is 0 Å². The molecular weight excluding hydrogens is 280 g/mol. The molecule has 3 rings (SSSR count). The molecule has 1 fully saturated rings. The minimum Gasteiger partial charge on any atom is -0.354 e. The normalized spacial score (nSPS) is 19.2. The van der Waals surface area contributed by atoms with E-state index in [1.165, 1.54) is 29.5 Å². The third-order valence-corrected chi connectivity index (χ3v) is 5.05. The molecule has 1 N–H and O–H groups in total. The highest BCUT2D eigenvalue weighted by molar-refractivity contribution is 7.18. The van der Waals surface area contributed by atoms with Gasteiger partial charge in [-0.1, -0.05) is 6.92 Å². The van der Waals surface area contributed by atoms with E-state index in [2.05, 4.69) is 42.0 Å². The Morgan fingerprint density at radius 1 is 1.38 bits per heavy atom. The van der Waals surface area contributed by atoms with Crippen LogP contribution in [0.15, 0.2) is 6.07 Å². The summed E-state index contributed by atoms with van der Waals surface area (Å²) in [4.78, 5) is 14.4. The lowest BCUT2D eigenvalue weighted by Gasteiger charge is -2.34. The van der Waals surface area contributed by atoms with Gasteiger partial charge >= 0.3 is 0 Å². The van der Waals surface area contributed by atoms with E-state index in [1.807, 2.05) is 0 Å². The molecule has 1 saturated heterocycles. The van der Waals surface area contributed by atoms with Crippen molar-refractivity contribution in [3.8, 4) is 0 Å². The molecular formula is C16H24N4S. The zero-order valence-electron chi connectivity index (χ0n) is 13.1. The largest absolute Gasteiger partial charge is 0.354 e. The van der Waals surface area contributed by atoms with E-state index in [4.69, 9.17) is 4.98 Å². The molecule has 2 aromatic heterocycles. The van der Waals surface area contributed by atoms with Crippen LogP contribution in [-0.4, -0.2) is 29.1 Å². The Morgan fingerprint density at radius 2 is 2.24 bits per heavy atom. The van der Waals surface area contributed by atoms with Crippen molar-refractivity contribution in [2.75, 3.05) is 23.3 Å². The summed E-state index contributed by atoms with van der Waals surface area (Å²) in [6.45, 7) is 8.65. The van der Waals surface area contributed by atoms with Gasteiger partial charge in [0.05, 0.1) is 5.39 Å². The number of nitrogens with zero attached hydrogens (tertiary/aromatic N) is 3. The summed E-state index contributed by atoms with van der Waals surface area (Å²) in [5.74, 6) is 1.90. The molecule has 1 aliphatic rings. The maximum atomic E-state index is 4.84. The van der Waals surface area contributed by atoms with E-state index in [0.29, 0.717) is 6.04 Å². The number of nitrogens with one attached hydrogen (secondary N) is 1. The van der Waals surface area contributed by atoms with Gasteiger partial charge < -0.3 is 10.2 Å². The number of hydrogen-bond donors (Lipinski definition) is 1. The van der Waals surface area contributed by atoms with E-state index in [0.717, 1.165) is 36.1 Å². The zero-order chi connectivity index (χ0) is 14.8. The SMILES string of the molecule is CCCNc1nc(N2CCCCC2C)c2cc(C)sc2n1. The predicted molar refractivity (Wildman–Crippen MR) is 91.6 cm³/mol. The second-order valence-electron chi connectivity index (χ2n) is 5.91. The van der Waals surface area contributed by atoms with Crippen molar-refractivity contribution in [1.29, 1.82) is 0 Å². The smallest absolute Gasteiger partial charge is 0.226 e. The first-order valence-corrected chi connectivity index (χ1v) is 8.79. The van der Waals surface area contributed by atoms with Gasteiger partial charge in [0, 0.05) is 24.0 Å². The molecule has 0 spiro atoms. The lowest BCUT2D eigenvalue weighted by molar-refractivity contribution is 0.482. The van der Waals surface area contributed by atoms with Crippen LogP contribution in [0.25, 0.3) is 10.2 Å². The molecule has 0 amide bonds. The predicted octanol–water partition coefficient (Wildman–Crippen LogP) is 4.20. The van der Waals surface area contributed by atoms with Crippen LogP contribution in [0.5, 0.6) is 0 Å². The molecule has 4 nitrogen and oxygen atoms in total. The molecule has 114 valence electrons. The summed E-state index contributed by atoms with van der Waals surface area (Å²) in [7, 11) is 0. The Bertz CT molecular complexity index is 622. The van der Waals surface area contributed by atoms with Crippen LogP contribution in [0.2, 0.25) is 0 Å². The van der Waals surface area contributed by atoms with Crippen LogP contribution in [0, 0.1) is 6.92 Å². The molecule has 1 unspecified atom stereocenters. The molecule has 5 heteroatoms. The Morgan fingerprint density at radius 3 is 3.00 bits per heavy atom. The third-order valence-electron chi connectivity index (χ3n) is 4.10. The fourth-order valence-corrected chi connectivity index (χ4v) is 3.85. The third kappa shape index (κ3) is 2.98. The number of fused-ring (bicyclic) bond motifs is 1. The zero-order valence-corrected chi connectivity index (χ0v) is 14.0. The van der Waals surface area contributed by atoms with Crippen molar-refractivity contribution in [3.63, 3.8) is 0 Å². The molecule has 21 heavy (non-hydrogen) atoms. The number of hydrogen-bond acceptors (Lipinski definition) is 5. The fraction of sp³-hybridized carbons (Fsp3) is 0.625. The fourth-order valence-electron chi connectivity index (χ4n) is 2.97. The maximum Gasteiger partial charge on any atom is 0.226 e. The second kappa shape index (κ2) is 6.18. The lowest BCUT2D eigenvalue weighted by atomic mass is 10.0. The number of piperidine rings is 1. The number of rotatable bonds is 4. The van der Waals surface area contributed by atoms with Gasteiger partial charge in [-0.05, 0) is 45.6 Å².